The van der Waals surface area contributed by atoms with E-state index in [2.05, 4.69) is 18.6 Å². The minimum Gasteiger partial charge on any atom is -0.399 e. The Labute approximate surface area is 121 Å². The van der Waals surface area contributed by atoms with Crippen molar-refractivity contribution in [2.75, 3.05) is 5.73 Å². The third-order valence-electron chi connectivity index (χ3n) is 4.56. The van der Waals surface area contributed by atoms with Gasteiger partial charge in [-0.3, -0.25) is 0 Å². The molecule has 3 N–H and O–H groups in total. The van der Waals surface area contributed by atoms with Crippen LogP contribution in [0.3, 0.4) is 0 Å². The smallest absolute Gasteiger partial charge is 0.241 e. The van der Waals surface area contributed by atoms with Gasteiger partial charge in [-0.15, -0.1) is 0 Å². The summed E-state index contributed by atoms with van der Waals surface area (Å²) in [6.07, 6.45) is 3.12. The van der Waals surface area contributed by atoms with Gasteiger partial charge in [0, 0.05) is 11.7 Å². The highest BCUT2D eigenvalue weighted by Gasteiger charge is 2.34. The minimum absolute atomic E-state index is 0.0331. The van der Waals surface area contributed by atoms with Gasteiger partial charge in [-0.05, 0) is 49.3 Å². The monoisotopic (exact) mass is 296 g/mol. The van der Waals surface area contributed by atoms with E-state index in [0.29, 0.717) is 22.4 Å². The number of nitrogens with one attached hydrogen (secondary N) is 1. The van der Waals surface area contributed by atoms with E-state index in [0.717, 1.165) is 24.8 Å². The maximum atomic E-state index is 12.5. The molecular weight excluding hydrogens is 272 g/mol. The normalized spacial score (nSPS) is 26.9. The van der Waals surface area contributed by atoms with Crippen molar-refractivity contribution in [1.82, 2.24) is 4.72 Å². The van der Waals surface area contributed by atoms with Crippen LogP contribution < -0.4 is 10.5 Å². The van der Waals surface area contributed by atoms with Crippen molar-refractivity contribution in [2.45, 2.75) is 51.0 Å². The lowest BCUT2D eigenvalue weighted by molar-refractivity contribution is 0.368. The van der Waals surface area contributed by atoms with Crippen LogP contribution in [0.5, 0.6) is 0 Å². The fourth-order valence-electron chi connectivity index (χ4n) is 3.16. The molecule has 0 aromatic heterocycles. The maximum absolute atomic E-state index is 12.5. The molecule has 4 nitrogen and oxygen atoms in total. The van der Waals surface area contributed by atoms with Crippen molar-refractivity contribution >= 4 is 15.7 Å². The number of benzene rings is 1. The lowest BCUT2D eigenvalue weighted by Crippen LogP contribution is -2.37. The maximum Gasteiger partial charge on any atom is 0.241 e. The molecule has 1 aliphatic carbocycles. The number of sulfonamides is 1. The van der Waals surface area contributed by atoms with Crippen LogP contribution in [0.4, 0.5) is 5.69 Å². The predicted octanol–water partition coefficient (Wildman–Crippen LogP) is 2.68. The van der Waals surface area contributed by atoms with Crippen LogP contribution in [0, 0.1) is 18.8 Å². The highest BCUT2D eigenvalue weighted by atomic mass is 32.2. The number of rotatable bonds is 4. The summed E-state index contributed by atoms with van der Waals surface area (Å²) in [6, 6.07) is 5.04. The van der Waals surface area contributed by atoms with E-state index in [1.807, 2.05) is 0 Å². The molecule has 0 saturated heterocycles. The number of anilines is 1. The average molecular weight is 296 g/mol. The first kappa shape index (κ1) is 15.3. The molecule has 0 amide bonds. The van der Waals surface area contributed by atoms with Gasteiger partial charge in [-0.2, -0.15) is 0 Å². The summed E-state index contributed by atoms with van der Waals surface area (Å²) in [7, 11) is -3.49. The molecule has 1 aromatic carbocycles. The summed E-state index contributed by atoms with van der Waals surface area (Å²) in [4.78, 5) is 0.296. The molecular formula is C15H24N2O2S. The Morgan fingerprint density at radius 3 is 2.65 bits per heavy atom. The second kappa shape index (κ2) is 5.74. The molecule has 112 valence electrons. The van der Waals surface area contributed by atoms with Crippen molar-refractivity contribution in [1.29, 1.82) is 0 Å². The SMILES string of the molecule is CCC1CCC(NS(=O)(=O)c2cc(N)ccc2C)C1C. The zero-order valence-corrected chi connectivity index (χ0v) is 13.2. The molecule has 0 heterocycles. The van der Waals surface area contributed by atoms with Crippen molar-refractivity contribution in [3.63, 3.8) is 0 Å². The Morgan fingerprint density at radius 1 is 1.35 bits per heavy atom. The van der Waals surface area contributed by atoms with Gasteiger partial charge < -0.3 is 5.73 Å². The van der Waals surface area contributed by atoms with Crippen LogP contribution in [-0.4, -0.2) is 14.5 Å². The zero-order valence-electron chi connectivity index (χ0n) is 12.4. The van der Waals surface area contributed by atoms with Crippen LogP contribution in [-0.2, 0) is 10.0 Å². The first-order chi connectivity index (χ1) is 9.35. The first-order valence-electron chi connectivity index (χ1n) is 7.23. The van der Waals surface area contributed by atoms with Crippen LogP contribution in [0.1, 0.15) is 38.7 Å². The van der Waals surface area contributed by atoms with Crippen LogP contribution in [0.25, 0.3) is 0 Å². The van der Waals surface area contributed by atoms with Crippen LogP contribution >= 0.6 is 0 Å². The molecule has 20 heavy (non-hydrogen) atoms. The fourth-order valence-corrected chi connectivity index (χ4v) is 4.80. The fraction of sp³-hybridized carbons (Fsp3) is 0.600. The lowest BCUT2D eigenvalue weighted by Gasteiger charge is -2.21. The first-order valence-corrected chi connectivity index (χ1v) is 8.72. The Kier molecular flexibility index (Phi) is 4.39. The molecule has 0 radical (unpaired) electrons. The Balaban J connectivity index is 2.22. The third-order valence-corrected chi connectivity index (χ3v) is 6.19. The van der Waals surface area contributed by atoms with E-state index < -0.39 is 10.0 Å². The van der Waals surface area contributed by atoms with E-state index in [1.165, 1.54) is 6.07 Å². The number of hydrogen-bond acceptors (Lipinski definition) is 3. The molecule has 1 aromatic rings. The molecule has 1 aliphatic rings. The summed E-state index contributed by atoms with van der Waals surface area (Å²) in [5.74, 6) is 1.00. The third kappa shape index (κ3) is 2.99. The molecule has 0 aliphatic heterocycles. The molecule has 2 rings (SSSR count). The average Bonchev–Trinajstić information content (AvgIpc) is 2.73. The second-order valence-corrected chi connectivity index (χ2v) is 7.54. The quantitative estimate of drug-likeness (QED) is 0.839. The van der Waals surface area contributed by atoms with Gasteiger partial charge in [0.15, 0.2) is 0 Å². The number of hydrogen-bond donors (Lipinski definition) is 2. The predicted molar refractivity (Wildman–Crippen MR) is 81.9 cm³/mol. The van der Waals surface area contributed by atoms with Gasteiger partial charge in [0.25, 0.3) is 0 Å². The van der Waals surface area contributed by atoms with Crippen molar-refractivity contribution in [3.8, 4) is 0 Å². The van der Waals surface area contributed by atoms with E-state index in [1.54, 1.807) is 19.1 Å². The highest BCUT2D eigenvalue weighted by Crippen LogP contribution is 2.34. The second-order valence-electron chi connectivity index (χ2n) is 5.86. The van der Waals surface area contributed by atoms with Crippen LogP contribution in [0.15, 0.2) is 23.1 Å². The minimum atomic E-state index is -3.49. The summed E-state index contributed by atoms with van der Waals surface area (Å²) < 4.78 is 27.9. The van der Waals surface area contributed by atoms with E-state index >= 15 is 0 Å². The number of nitrogens with two attached hydrogens (primary N) is 1. The van der Waals surface area contributed by atoms with Crippen LogP contribution in [0.2, 0.25) is 0 Å². The molecule has 0 bridgehead atoms. The number of nitrogen functional groups attached to an aromatic ring is 1. The molecule has 5 heteroatoms. The van der Waals surface area contributed by atoms with Gasteiger partial charge in [0.1, 0.15) is 0 Å². The molecule has 1 fully saturated rings. The molecule has 3 atom stereocenters. The van der Waals surface area contributed by atoms with E-state index in [9.17, 15) is 8.42 Å². The van der Waals surface area contributed by atoms with Gasteiger partial charge in [0.05, 0.1) is 4.90 Å². The standard InChI is InChI=1S/C15H24N2O2S/c1-4-12-6-8-14(11(12)3)17-20(18,19)15-9-13(16)7-5-10(15)2/h5,7,9,11-12,14,17H,4,6,8,16H2,1-3H3. The van der Waals surface area contributed by atoms with Crippen molar-refractivity contribution in [2.24, 2.45) is 11.8 Å². The summed E-state index contributed by atoms with van der Waals surface area (Å²) in [6.45, 7) is 6.10. The Morgan fingerprint density at radius 2 is 2.05 bits per heavy atom. The van der Waals surface area contributed by atoms with Crippen molar-refractivity contribution in [3.05, 3.63) is 23.8 Å². The van der Waals surface area contributed by atoms with Gasteiger partial charge in [-0.1, -0.05) is 26.3 Å². The van der Waals surface area contributed by atoms with E-state index in [-0.39, 0.29) is 6.04 Å². The Hall–Kier alpha value is -1.07. The highest BCUT2D eigenvalue weighted by molar-refractivity contribution is 7.89. The van der Waals surface area contributed by atoms with Crippen molar-refractivity contribution < 1.29 is 8.42 Å². The summed E-state index contributed by atoms with van der Waals surface area (Å²) in [5, 5.41) is 0. The molecule has 3 unspecified atom stereocenters. The van der Waals surface area contributed by atoms with Gasteiger partial charge in [-0.25, -0.2) is 13.1 Å². The topological polar surface area (TPSA) is 72.2 Å². The largest absolute Gasteiger partial charge is 0.399 e. The Bertz CT molecular complexity index is 584. The molecule has 0 spiro atoms. The molecule has 1 saturated carbocycles. The number of aryl methyl sites for hydroxylation is 1. The lowest BCUT2D eigenvalue weighted by atomic mass is 9.94. The van der Waals surface area contributed by atoms with Gasteiger partial charge in [0.2, 0.25) is 10.0 Å². The van der Waals surface area contributed by atoms with Gasteiger partial charge >= 0.3 is 0 Å². The van der Waals surface area contributed by atoms with E-state index in [4.69, 9.17) is 5.73 Å². The zero-order chi connectivity index (χ0) is 14.9. The summed E-state index contributed by atoms with van der Waals surface area (Å²) >= 11 is 0. The summed E-state index contributed by atoms with van der Waals surface area (Å²) in [5.41, 5.74) is 6.91.